The molecule has 0 aliphatic carbocycles. The molecule has 0 fully saturated rings. The van der Waals surface area contributed by atoms with Gasteiger partial charge in [0, 0.05) is 24.2 Å². The zero-order valence-electron chi connectivity index (χ0n) is 11.6. The summed E-state index contributed by atoms with van der Waals surface area (Å²) >= 11 is 0. The first-order valence-corrected chi connectivity index (χ1v) is 6.75. The number of pyridine rings is 1. The molecule has 0 radical (unpaired) electrons. The van der Waals surface area contributed by atoms with E-state index in [0.717, 1.165) is 11.1 Å². The summed E-state index contributed by atoms with van der Waals surface area (Å²) in [5.74, 6) is 0.128. The maximum Gasteiger partial charge on any atom is 0.387 e. The lowest BCUT2D eigenvalue weighted by Gasteiger charge is -2.11. The maximum atomic E-state index is 12.1. The van der Waals surface area contributed by atoms with Crippen LogP contribution in [0.1, 0.15) is 5.56 Å². The first-order chi connectivity index (χ1) is 10.6. The summed E-state index contributed by atoms with van der Waals surface area (Å²) in [7, 11) is 0. The summed E-state index contributed by atoms with van der Waals surface area (Å²) in [6.07, 6.45) is 1.73. The van der Waals surface area contributed by atoms with Gasteiger partial charge in [-0.2, -0.15) is 8.78 Å². The molecule has 3 rings (SSSR count). The standard InChI is InChI=1S/C17H13F2NO2/c18-17(19)22-13-7-5-12(6-8-13)11-20-10-9-16(21)14-3-1-2-4-15(14)20/h1-10,17H,11H2. The lowest BCUT2D eigenvalue weighted by molar-refractivity contribution is -0.0498. The third-order valence-electron chi connectivity index (χ3n) is 3.39. The number of hydrogen-bond donors (Lipinski definition) is 0. The molecule has 0 unspecified atom stereocenters. The minimum atomic E-state index is -2.83. The van der Waals surface area contributed by atoms with Crippen molar-refractivity contribution in [2.75, 3.05) is 0 Å². The van der Waals surface area contributed by atoms with Crippen molar-refractivity contribution in [2.45, 2.75) is 13.2 Å². The Labute approximate surface area is 125 Å². The third-order valence-corrected chi connectivity index (χ3v) is 3.39. The van der Waals surface area contributed by atoms with Crippen LogP contribution in [0.2, 0.25) is 0 Å². The molecular weight excluding hydrogens is 288 g/mol. The summed E-state index contributed by atoms with van der Waals surface area (Å²) in [4.78, 5) is 11.8. The van der Waals surface area contributed by atoms with Gasteiger partial charge in [0.05, 0.1) is 5.52 Å². The molecule has 0 spiro atoms. The number of alkyl halides is 2. The molecule has 0 aliphatic heterocycles. The number of rotatable bonds is 4. The fraction of sp³-hybridized carbons (Fsp3) is 0.118. The number of para-hydroxylation sites is 1. The highest BCUT2D eigenvalue weighted by atomic mass is 19.3. The molecule has 0 aliphatic rings. The van der Waals surface area contributed by atoms with Crippen LogP contribution in [0.4, 0.5) is 8.78 Å². The minimum Gasteiger partial charge on any atom is -0.435 e. The number of fused-ring (bicyclic) bond motifs is 1. The van der Waals surface area contributed by atoms with Crippen molar-refractivity contribution in [2.24, 2.45) is 0 Å². The van der Waals surface area contributed by atoms with E-state index in [-0.39, 0.29) is 11.2 Å². The second-order valence-electron chi connectivity index (χ2n) is 4.85. The monoisotopic (exact) mass is 301 g/mol. The van der Waals surface area contributed by atoms with Crippen LogP contribution in [-0.4, -0.2) is 11.2 Å². The topological polar surface area (TPSA) is 31.2 Å². The molecule has 3 aromatic rings. The number of aromatic nitrogens is 1. The highest BCUT2D eigenvalue weighted by molar-refractivity contribution is 5.78. The van der Waals surface area contributed by atoms with Crippen LogP contribution >= 0.6 is 0 Å². The molecule has 0 saturated heterocycles. The van der Waals surface area contributed by atoms with Gasteiger partial charge in [-0.25, -0.2) is 0 Å². The normalized spacial score (nSPS) is 11.0. The summed E-state index contributed by atoms with van der Waals surface area (Å²) < 4.78 is 30.5. The van der Waals surface area contributed by atoms with E-state index in [9.17, 15) is 13.6 Å². The van der Waals surface area contributed by atoms with Gasteiger partial charge < -0.3 is 9.30 Å². The molecule has 5 heteroatoms. The van der Waals surface area contributed by atoms with Crippen molar-refractivity contribution in [1.82, 2.24) is 4.57 Å². The van der Waals surface area contributed by atoms with Crippen molar-refractivity contribution in [1.29, 1.82) is 0 Å². The summed E-state index contributed by atoms with van der Waals surface area (Å²) in [6.45, 7) is -2.29. The Bertz CT molecular complexity index is 841. The van der Waals surface area contributed by atoms with Crippen molar-refractivity contribution >= 4 is 10.9 Å². The largest absolute Gasteiger partial charge is 0.435 e. The summed E-state index contributed by atoms with van der Waals surface area (Å²) in [6, 6.07) is 15.4. The van der Waals surface area contributed by atoms with Crippen LogP contribution in [0.25, 0.3) is 10.9 Å². The molecule has 1 heterocycles. The van der Waals surface area contributed by atoms with Gasteiger partial charge in [0.1, 0.15) is 5.75 Å². The Hall–Kier alpha value is -2.69. The number of benzene rings is 2. The number of halogens is 2. The quantitative estimate of drug-likeness (QED) is 0.736. The molecule has 2 aromatic carbocycles. The van der Waals surface area contributed by atoms with Gasteiger partial charge in [-0.15, -0.1) is 0 Å². The van der Waals surface area contributed by atoms with Crippen LogP contribution < -0.4 is 10.2 Å². The van der Waals surface area contributed by atoms with Crippen molar-refractivity contribution in [3.8, 4) is 5.75 Å². The average molecular weight is 301 g/mol. The van der Waals surface area contributed by atoms with E-state index in [1.165, 1.54) is 18.2 Å². The maximum absolute atomic E-state index is 12.1. The zero-order chi connectivity index (χ0) is 15.5. The minimum absolute atomic E-state index is 0.0208. The molecule has 0 bridgehead atoms. The SMILES string of the molecule is O=c1ccn(Cc2ccc(OC(F)F)cc2)c2ccccc12. The molecule has 0 atom stereocenters. The highest BCUT2D eigenvalue weighted by Gasteiger charge is 2.05. The lowest BCUT2D eigenvalue weighted by atomic mass is 10.1. The molecule has 0 amide bonds. The fourth-order valence-corrected chi connectivity index (χ4v) is 2.37. The molecule has 0 saturated carbocycles. The molecule has 0 N–H and O–H groups in total. The van der Waals surface area contributed by atoms with Crippen LogP contribution in [0.15, 0.2) is 65.6 Å². The Balaban J connectivity index is 1.90. The van der Waals surface area contributed by atoms with Crippen LogP contribution in [0, 0.1) is 0 Å². The van der Waals surface area contributed by atoms with Gasteiger partial charge in [0.2, 0.25) is 0 Å². The second kappa shape index (κ2) is 5.97. The van der Waals surface area contributed by atoms with E-state index < -0.39 is 6.61 Å². The first kappa shape index (κ1) is 14.3. The zero-order valence-corrected chi connectivity index (χ0v) is 11.6. The number of hydrogen-bond acceptors (Lipinski definition) is 2. The lowest BCUT2D eigenvalue weighted by Crippen LogP contribution is -2.08. The van der Waals surface area contributed by atoms with Gasteiger partial charge in [-0.1, -0.05) is 24.3 Å². The smallest absolute Gasteiger partial charge is 0.387 e. The van der Waals surface area contributed by atoms with E-state index in [0.29, 0.717) is 11.9 Å². The summed E-state index contributed by atoms with van der Waals surface area (Å²) in [5.41, 5.74) is 1.74. The van der Waals surface area contributed by atoms with E-state index in [1.54, 1.807) is 24.4 Å². The second-order valence-corrected chi connectivity index (χ2v) is 4.85. The van der Waals surface area contributed by atoms with Gasteiger partial charge in [-0.3, -0.25) is 4.79 Å². The molecule has 112 valence electrons. The Morgan fingerprint density at radius 1 is 1.00 bits per heavy atom. The number of nitrogens with zero attached hydrogens (tertiary/aromatic N) is 1. The third kappa shape index (κ3) is 2.98. The van der Waals surface area contributed by atoms with Gasteiger partial charge in [0.15, 0.2) is 5.43 Å². The Kier molecular flexibility index (Phi) is 3.87. The van der Waals surface area contributed by atoms with Crippen LogP contribution in [0.3, 0.4) is 0 Å². The van der Waals surface area contributed by atoms with E-state index in [1.807, 2.05) is 22.8 Å². The Morgan fingerprint density at radius 2 is 1.73 bits per heavy atom. The van der Waals surface area contributed by atoms with Crippen molar-refractivity contribution in [3.05, 3.63) is 76.6 Å². The summed E-state index contributed by atoms with van der Waals surface area (Å²) in [5, 5.41) is 0.655. The Morgan fingerprint density at radius 3 is 2.45 bits per heavy atom. The van der Waals surface area contributed by atoms with E-state index in [4.69, 9.17) is 0 Å². The highest BCUT2D eigenvalue weighted by Crippen LogP contribution is 2.17. The first-order valence-electron chi connectivity index (χ1n) is 6.75. The van der Waals surface area contributed by atoms with Crippen molar-refractivity contribution in [3.63, 3.8) is 0 Å². The van der Waals surface area contributed by atoms with Gasteiger partial charge in [-0.05, 0) is 29.8 Å². The fourth-order valence-electron chi connectivity index (χ4n) is 2.37. The molecule has 3 nitrogen and oxygen atoms in total. The molecule has 22 heavy (non-hydrogen) atoms. The van der Waals surface area contributed by atoms with Gasteiger partial charge >= 0.3 is 6.61 Å². The predicted octanol–water partition coefficient (Wildman–Crippen LogP) is 3.65. The van der Waals surface area contributed by atoms with E-state index >= 15 is 0 Å². The van der Waals surface area contributed by atoms with E-state index in [2.05, 4.69) is 4.74 Å². The molecular formula is C17H13F2NO2. The van der Waals surface area contributed by atoms with Crippen LogP contribution in [0.5, 0.6) is 5.75 Å². The predicted molar refractivity (Wildman–Crippen MR) is 80.4 cm³/mol. The average Bonchev–Trinajstić information content (AvgIpc) is 2.52. The van der Waals surface area contributed by atoms with Crippen LogP contribution in [-0.2, 0) is 6.54 Å². The number of ether oxygens (including phenoxy) is 1. The molecule has 1 aromatic heterocycles. The van der Waals surface area contributed by atoms with Gasteiger partial charge in [0.25, 0.3) is 0 Å². The van der Waals surface area contributed by atoms with Crippen molar-refractivity contribution < 1.29 is 13.5 Å².